The van der Waals surface area contributed by atoms with E-state index in [2.05, 4.69) is 5.32 Å². The molecule has 0 aromatic heterocycles. The van der Waals surface area contributed by atoms with Crippen LogP contribution in [0.1, 0.15) is 18.1 Å². The first-order valence-electron chi connectivity index (χ1n) is 4.97. The summed E-state index contributed by atoms with van der Waals surface area (Å²) in [6.07, 6.45) is -0.446. The van der Waals surface area contributed by atoms with Crippen LogP contribution in [0.25, 0.3) is 0 Å². The number of amides is 1. The number of nitrogens with zero attached hydrogens (tertiary/aromatic N) is 1. The first-order chi connectivity index (χ1) is 7.67. The van der Waals surface area contributed by atoms with Gasteiger partial charge in [0.1, 0.15) is 6.10 Å². The highest BCUT2D eigenvalue weighted by Gasteiger charge is 2.10. The van der Waals surface area contributed by atoms with Gasteiger partial charge < -0.3 is 10.1 Å². The van der Waals surface area contributed by atoms with Gasteiger partial charge >= 0.3 is 0 Å². The van der Waals surface area contributed by atoms with Gasteiger partial charge in [0, 0.05) is 13.7 Å². The molecular formula is C12H14N2O2. The van der Waals surface area contributed by atoms with Crippen LogP contribution < -0.4 is 5.32 Å². The van der Waals surface area contributed by atoms with Crippen molar-refractivity contribution in [2.24, 2.45) is 0 Å². The molecular weight excluding hydrogens is 204 g/mol. The quantitative estimate of drug-likeness (QED) is 0.826. The van der Waals surface area contributed by atoms with Crippen molar-refractivity contribution in [2.75, 3.05) is 7.11 Å². The number of rotatable bonds is 4. The highest BCUT2D eigenvalue weighted by atomic mass is 16.5. The Balaban J connectivity index is 2.49. The van der Waals surface area contributed by atoms with E-state index in [1.54, 1.807) is 19.1 Å². The van der Waals surface area contributed by atoms with Gasteiger partial charge in [-0.3, -0.25) is 4.79 Å². The Labute approximate surface area is 94.8 Å². The molecule has 0 bridgehead atoms. The third-order valence-electron chi connectivity index (χ3n) is 2.27. The van der Waals surface area contributed by atoms with Crippen molar-refractivity contribution in [2.45, 2.75) is 19.6 Å². The number of carbonyl (C=O) groups is 1. The summed E-state index contributed by atoms with van der Waals surface area (Å²) in [7, 11) is 1.49. The summed E-state index contributed by atoms with van der Waals surface area (Å²) in [4.78, 5) is 11.4. The van der Waals surface area contributed by atoms with Gasteiger partial charge in [-0.2, -0.15) is 5.26 Å². The van der Waals surface area contributed by atoms with Crippen LogP contribution in [0.5, 0.6) is 0 Å². The van der Waals surface area contributed by atoms with Gasteiger partial charge in [-0.15, -0.1) is 0 Å². The molecule has 84 valence electrons. The molecule has 0 aliphatic carbocycles. The molecule has 0 fully saturated rings. The molecule has 0 spiro atoms. The maximum absolute atomic E-state index is 11.4. The van der Waals surface area contributed by atoms with E-state index in [1.165, 1.54) is 7.11 Å². The van der Waals surface area contributed by atoms with Gasteiger partial charge in [-0.05, 0) is 24.6 Å². The summed E-state index contributed by atoms with van der Waals surface area (Å²) in [5.41, 5.74) is 1.57. The number of hydrogen-bond acceptors (Lipinski definition) is 3. The summed E-state index contributed by atoms with van der Waals surface area (Å²) >= 11 is 0. The lowest BCUT2D eigenvalue weighted by atomic mass is 10.1. The predicted octanol–water partition coefficient (Wildman–Crippen LogP) is 1.21. The van der Waals surface area contributed by atoms with Crippen LogP contribution in [0.4, 0.5) is 0 Å². The third-order valence-corrected chi connectivity index (χ3v) is 2.27. The molecule has 1 aromatic rings. The Morgan fingerprint density at radius 3 is 2.62 bits per heavy atom. The first-order valence-corrected chi connectivity index (χ1v) is 4.97. The van der Waals surface area contributed by atoms with Crippen molar-refractivity contribution in [3.8, 4) is 6.07 Å². The van der Waals surface area contributed by atoms with Gasteiger partial charge in [0.05, 0.1) is 11.6 Å². The van der Waals surface area contributed by atoms with Gasteiger partial charge in [0.15, 0.2) is 0 Å². The van der Waals surface area contributed by atoms with Gasteiger partial charge in [-0.1, -0.05) is 12.1 Å². The summed E-state index contributed by atoms with van der Waals surface area (Å²) in [6.45, 7) is 2.13. The Bertz CT molecular complexity index is 392. The van der Waals surface area contributed by atoms with E-state index in [9.17, 15) is 4.79 Å². The molecule has 1 amide bonds. The Morgan fingerprint density at radius 2 is 2.12 bits per heavy atom. The lowest BCUT2D eigenvalue weighted by molar-refractivity contribution is -0.130. The number of carbonyl (C=O) groups excluding carboxylic acids is 1. The lowest BCUT2D eigenvalue weighted by Crippen LogP contribution is -2.33. The number of nitriles is 1. The molecule has 1 atom stereocenters. The average Bonchev–Trinajstić information content (AvgIpc) is 2.35. The molecule has 1 unspecified atom stereocenters. The van der Waals surface area contributed by atoms with Crippen LogP contribution >= 0.6 is 0 Å². The molecule has 0 aliphatic rings. The second-order valence-electron chi connectivity index (χ2n) is 3.40. The van der Waals surface area contributed by atoms with Crippen molar-refractivity contribution < 1.29 is 9.53 Å². The highest BCUT2D eigenvalue weighted by molar-refractivity contribution is 5.80. The fraction of sp³-hybridized carbons (Fsp3) is 0.333. The van der Waals surface area contributed by atoms with Crippen molar-refractivity contribution in [3.63, 3.8) is 0 Å². The lowest BCUT2D eigenvalue weighted by Gasteiger charge is -2.10. The standard InChI is InChI=1S/C12H14N2O2/c1-9(16-2)12(15)14-8-11-5-3-10(7-13)4-6-11/h3-6,9H,8H2,1-2H3,(H,14,15). The van der Waals surface area contributed by atoms with Crippen molar-refractivity contribution in [3.05, 3.63) is 35.4 Å². The molecule has 0 saturated heterocycles. The Morgan fingerprint density at radius 1 is 1.50 bits per heavy atom. The monoisotopic (exact) mass is 218 g/mol. The van der Waals surface area contributed by atoms with E-state index >= 15 is 0 Å². The van der Waals surface area contributed by atoms with E-state index in [-0.39, 0.29) is 5.91 Å². The van der Waals surface area contributed by atoms with Gasteiger partial charge in [-0.25, -0.2) is 0 Å². The van der Waals surface area contributed by atoms with Crippen LogP contribution in [0, 0.1) is 11.3 Å². The fourth-order valence-electron chi connectivity index (χ4n) is 1.14. The molecule has 0 aliphatic heterocycles. The SMILES string of the molecule is COC(C)C(=O)NCc1ccc(C#N)cc1. The minimum atomic E-state index is -0.446. The molecule has 1 N–H and O–H groups in total. The third kappa shape index (κ3) is 3.37. The Hall–Kier alpha value is -1.86. The van der Waals surface area contributed by atoms with E-state index in [0.29, 0.717) is 12.1 Å². The zero-order chi connectivity index (χ0) is 12.0. The fourth-order valence-corrected chi connectivity index (χ4v) is 1.14. The van der Waals surface area contributed by atoms with Crippen LogP contribution in [0.15, 0.2) is 24.3 Å². The summed E-state index contributed by atoms with van der Waals surface area (Å²) < 4.78 is 4.88. The first kappa shape index (κ1) is 12.2. The summed E-state index contributed by atoms with van der Waals surface area (Å²) in [5.74, 6) is -0.146. The van der Waals surface area contributed by atoms with E-state index in [0.717, 1.165) is 5.56 Å². The summed E-state index contributed by atoms with van der Waals surface area (Å²) in [5, 5.41) is 11.4. The zero-order valence-electron chi connectivity index (χ0n) is 9.36. The maximum Gasteiger partial charge on any atom is 0.249 e. The predicted molar refractivity (Wildman–Crippen MR) is 59.5 cm³/mol. The van der Waals surface area contributed by atoms with Crippen LogP contribution in [-0.4, -0.2) is 19.1 Å². The average molecular weight is 218 g/mol. The van der Waals surface area contributed by atoms with Crippen molar-refractivity contribution >= 4 is 5.91 Å². The van der Waals surface area contributed by atoms with Gasteiger partial charge in [0.2, 0.25) is 5.91 Å². The minimum absolute atomic E-state index is 0.146. The molecule has 4 nitrogen and oxygen atoms in total. The molecule has 0 heterocycles. The highest BCUT2D eigenvalue weighted by Crippen LogP contribution is 2.03. The zero-order valence-corrected chi connectivity index (χ0v) is 9.36. The second kappa shape index (κ2) is 5.89. The van der Waals surface area contributed by atoms with Crippen LogP contribution in [-0.2, 0) is 16.1 Å². The van der Waals surface area contributed by atoms with Gasteiger partial charge in [0.25, 0.3) is 0 Å². The number of benzene rings is 1. The topological polar surface area (TPSA) is 62.1 Å². The van der Waals surface area contributed by atoms with E-state index in [1.807, 2.05) is 18.2 Å². The number of hydrogen-bond donors (Lipinski definition) is 1. The number of ether oxygens (including phenoxy) is 1. The maximum atomic E-state index is 11.4. The molecule has 1 rings (SSSR count). The second-order valence-corrected chi connectivity index (χ2v) is 3.40. The largest absolute Gasteiger partial charge is 0.372 e. The molecule has 4 heteroatoms. The van der Waals surface area contributed by atoms with Crippen molar-refractivity contribution in [1.29, 1.82) is 5.26 Å². The minimum Gasteiger partial charge on any atom is -0.372 e. The van der Waals surface area contributed by atoms with Crippen LogP contribution in [0.3, 0.4) is 0 Å². The number of methoxy groups -OCH3 is 1. The van der Waals surface area contributed by atoms with E-state index in [4.69, 9.17) is 10.00 Å². The number of nitrogens with one attached hydrogen (secondary N) is 1. The Kier molecular flexibility index (Phi) is 4.49. The molecule has 1 aromatic carbocycles. The van der Waals surface area contributed by atoms with Crippen molar-refractivity contribution in [1.82, 2.24) is 5.32 Å². The van der Waals surface area contributed by atoms with E-state index < -0.39 is 6.10 Å². The molecule has 0 radical (unpaired) electrons. The normalized spacial score (nSPS) is 11.6. The molecule has 16 heavy (non-hydrogen) atoms. The summed E-state index contributed by atoms with van der Waals surface area (Å²) in [6, 6.07) is 9.12. The smallest absolute Gasteiger partial charge is 0.249 e. The molecule has 0 saturated carbocycles. The van der Waals surface area contributed by atoms with Crippen LogP contribution in [0.2, 0.25) is 0 Å².